The van der Waals surface area contributed by atoms with E-state index in [0.717, 1.165) is 35.1 Å². The molecule has 1 saturated heterocycles. The van der Waals surface area contributed by atoms with Gasteiger partial charge >= 0.3 is 6.09 Å². The van der Waals surface area contributed by atoms with E-state index in [1.807, 2.05) is 60.7 Å². The monoisotopic (exact) mass is 689 g/mol. The lowest BCUT2D eigenvalue weighted by atomic mass is 10.1. The number of benzene rings is 2. The third kappa shape index (κ3) is 6.53. The van der Waals surface area contributed by atoms with E-state index in [9.17, 15) is 32.7 Å². The summed E-state index contributed by atoms with van der Waals surface area (Å²) in [5.41, 5.74) is 2.92. The lowest BCUT2D eigenvalue weighted by Crippen LogP contribution is -2.58. The molecular formula is C35H39N5O8S. The third-order valence-electron chi connectivity index (χ3n) is 10.1. The van der Waals surface area contributed by atoms with Gasteiger partial charge in [0.15, 0.2) is 0 Å². The lowest BCUT2D eigenvalue weighted by molar-refractivity contribution is -0.141. The zero-order valence-electron chi connectivity index (χ0n) is 26.8. The summed E-state index contributed by atoms with van der Waals surface area (Å²) >= 11 is 0. The van der Waals surface area contributed by atoms with Gasteiger partial charge in [0.1, 0.15) is 29.4 Å². The molecule has 7 rings (SSSR count). The highest BCUT2D eigenvalue weighted by atomic mass is 32.2. The summed E-state index contributed by atoms with van der Waals surface area (Å²) in [5, 5.41) is 18.6. The number of carbonyl (C=O) groups excluding carboxylic acids is 3. The summed E-state index contributed by atoms with van der Waals surface area (Å²) in [6.45, 7) is -0.0482. The number of carboxylic acid groups (broad SMARTS) is 1. The van der Waals surface area contributed by atoms with Crippen LogP contribution in [0.3, 0.4) is 0 Å². The summed E-state index contributed by atoms with van der Waals surface area (Å²) < 4.78 is 27.6. The predicted octanol–water partition coefficient (Wildman–Crippen LogP) is 3.05. The van der Waals surface area contributed by atoms with Crippen molar-refractivity contribution in [2.75, 3.05) is 6.54 Å². The highest BCUT2D eigenvalue weighted by molar-refractivity contribution is 7.91. The molecule has 13 nitrogen and oxygen atoms in total. The van der Waals surface area contributed by atoms with E-state index >= 15 is 0 Å². The number of fused-ring (bicyclic) bond motifs is 5. The van der Waals surface area contributed by atoms with Crippen molar-refractivity contribution in [3.8, 4) is 11.1 Å². The number of nitrogens with one attached hydrogen (secondary N) is 3. The minimum atomic E-state index is -3.88. The Morgan fingerprint density at radius 1 is 0.959 bits per heavy atom. The molecule has 0 aromatic heterocycles. The Labute approximate surface area is 284 Å². The van der Waals surface area contributed by atoms with Crippen molar-refractivity contribution in [1.29, 1.82) is 0 Å². The Morgan fingerprint density at radius 3 is 2.29 bits per heavy atom. The summed E-state index contributed by atoms with van der Waals surface area (Å²) in [5.74, 6) is -2.45. The van der Waals surface area contributed by atoms with Gasteiger partial charge in [0.05, 0.1) is 11.8 Å². The number of oxime groups is 1. The minimum Gasteiger partial charge on any atom is -0.465 e. The lowest BCUT2D eigenvalue weighted by Gasteiger charge is -2.29. The number of amides is 4. The smallest absolute Gasteiger partial charge is 0.405 e. The molecule has 2 aliphatic heterocycles. The van der Waals surface area contributed by atoms with Crippen LogP contribution in [0.2, 0.25) is 0 Å². The number of sulfonamides is 1. The third-order valence-corrected chi connectivity index (χ3v) is 11.9. The maximum Gasteiger partial charge on any atom is 0.405 e. The number of carbonyl (C=O) groups is 4. The molecule has 2 aromatic rings. The van der Waals surface area contributed by atoms with Gasteiger partial charge in [-0.2, -0.15) is 0 Å². The molecule has 2 heterocycles. The number of hydrogen-bond acceptors (Lipinski definition) is 8. The number of allylic oxidation sites excluding steroid dienone is 1. The molecule has 5 aliphatic rings. The molecular weight excluding hydrogens is 650 g/mol. The standard InChI is InChI=1S/C35H39N5O8S/c41-31-29-18-22(48-38-30-26-13-8-6-11-24(26)25-12-7-9-14-27(25)30)20-40(29)32(42)28(36-34(44)45)15-5-3-1-2-4-10-21-19-35(21,37-31)33(43)39-49(46,47)23-16-17-23/h4,6-14,21-23,28-29,36H,1-3,5,15-20H2,(H,37,41)(H,39,43)(H,44,45)/t21-,22-,28+,29+,35-/m1/s1. The average Bonchev–Trinajstić information content (AvgIpc) is 3.98. The first kappa shape index (κ1) is 32.8. The molecule has 0 unspecified atom stereocenters. The molecule has 5 atom stereocenters. The van der Waals surface area contributed by atoms with Crippen molar-refractivity contribution >= 4 is 39.5 Å². The van der Waals surface area contributed by atoms with Gasteiger partial charge in [-0.25, -0.2) is 13.2 Å². The number of rotatable bonds is 6. The average molecular weight is 690 g/mol. The van der Waals surface area contributed by atoms with Gasteiger partial charge in [-0.3, -0.25) is 19.1 Å². The van der Waals surface area contributed by atoms with Gasteiger partial charge < -0.3 is 25.5 Å². The molecule has 4 N–H and O–H groups in total. The second kappa shape index (κ2) is 13.0. The van der Waals surface area contributed by atoms with Crippen LogP contribution in [0, 0.1) is 5.92 Å². The van der Waals surface area contributed by atoms with Crippen molar-refractivity contribution in [1.82, 2.24) is 20.3 Å². The Hall–Kier alpha value is -4.72. The van der Waals surface area contributed by atoms with Crippen molar-refractivity contribution in [2.45, 2.75) is 86.8 Å². The second-order valence-electron chi connectivity index (χ2n) is 13.5. The van der Waals surface area contributed by atoms with E-state index in [1.165, 1.54) is 4.90 Å². The number of nitrogens with zero attached hydrogens (tertiary/aromatic N) is 2. The van der Waals surface area contributed by atoms with Crippen LogP contribution in [0.4, 0.5) is 4.79 Å². The van der Waals surface area contributed by atoms with Crippen molar-refractivity contribution in [3.05, 3.63) is 71.8 Å². The van der Waals surface area contributed by atoms with Crippen LogP contribution < -0.4 is 15.4 Å². The van der Waals surface area contributed by atoms with E-state index in [-0.39, 0.29) is 25.8 Å². The van der Waals surface area contributed by atoms with Crippen LogP contribution >= 0.6 is 0 Å². The molecule has 0 radical (unpaired) electrons. The molecule has 0 spiro atoms. The fourth-order valence-electron chi connectivity index (χ4n) is 7.21. The van der Waals surface area contributed by atoms with Crippen LogP contribution in [-0.4, -0.2) is 83.5 Å². The van der Waals surface area contributed by atoms with E-state index in [4.69, 9.17) is 4.84 Å². The first-order chi connectivity index (χ1) is 23.6. The molecule has 0 bridgehead atoms. The van der Waals surface area contributed by atoms with E-state index < -0.39 is 68.7 Å². The second-order valence-corrected chi connectivity index (χ2v) is 15.5. The maximum atomic E-state index is 14.1. The minimum absolute atomic E-state index is 0.0238. The SMILES string of the molecule is O=C(O)N[C@H]1CCCCCC=C[C@@H]2C[C@@]2(C(=O)NS(=O)(=O)C2CC2)NC(=O)[C@@H]2C[C@@H](ON=C3c4ccccc4-c4ccccc43)CN2C1=O. The first-order valence-electron chi connectivity index (χ1n) is 16.8. The zero-order valence-corrected chi connectivity index (χ0v) is 27.7. The topological polar surface area (TPSA) is 184 Å². The van der Waals surface area contributed by atoms with Gasteiger partial charge in [-0.15, -0.1) is 0 Å². The van der Waals surface area contributed by atoms with Gasteiger partial charge in [0, 0.05) is 23.5 Å². The van der Waals surface area contributed by atoms with Crippen LogP contribution in [0.1, 0.15) is 68.9 Å². The maximum absolute atomic E-state index is 14.1. The van der Waals surface area contributed by atoms with Gasteiger partial charge in [0.2, 0.25) is 21.8 Å². The molecule has 3 fully saturated rings. The van der Waals surface area contributed by atoms with E-state index in [2.05, 4.69) is 20.5 Å². The van der Waals surface area contributed by atoms with Crippen molar-refractivity contribution < 1.29 is 37.5 Å². The van der Waals surface area contributed by atoms with E-state index in [0.29, 0.717) is 31.4 Å². The van der Waals surface area contributed by atoms with Crippen LogP contribution in [0.5, 0.6) is 0 Å². The number of hydrogen-bond donors (Lipinski definition) is 4. The molecule has 2 saturated carbocycles. The zero-order chi connectivity index (χ0) is 34.3. The fraction of sp³-hybridized carbons (Fsp3) is 0.457. The van der Waals surface area contributed by atoms with Gasteiger partial charge in [0.25, 0.3) is 5.91 Å². The summed E-state index contributed by atoms with van der Waals surface area (Å²) in [7, 11) is -3.88. The Bertz CT molecular complexity index is 1810. The van der Waals surface area contributed by atoms with Crippen molar-refractivity contribution in [2.24, 2.45) is 11.1 Å². The fourth-order valence-corrected chi connectivity index (χ4v) is 8.57. The van der Waals surface area contributed by atoms with E-state index in [1.54, 1.807) is 0 Å². The van der Waals surface area contributed by atoms with Gasteiger partial charge in [-0.1, -0.05) is 78.7 Å². The Morgan fingerprint density at radius 2 is 1.63 bits per heavy atom. The molecule has 49 heavy (non-hydrogen) atoms. The Balaban J connectivity index is 1.18. The largest absolute Gasteiger partial charge is 0.465 e. The molecule has 4 amide bonds. The Kier molecular flexibility index (Phi) is 8.67. The summed E-state index contributed by atoms with van der Waals surface area (Å²) in [4.78, 5) is 60.8. The van der Waals surface area contributed by atoms with Crippen molar-refractivity contribution in [3.63, 3.8) is 0 Å². The molecule has 3 aliphatic carbocycles. The van der Waals surface area contributed by atoms with Crippen LogP contribution in [0.15, 0.2) is 65.8 Å². The highest BCUT2D eigenvalue weighted by Crippen LogP contribution is 2.46. The highest BCUT2D eigenvalue weighted by Gasteiger charge is 2.62. The predicted molar refractivity (Wildman–Crippen MR) is 179 cm³/mol. The normalized spacial score (nSPS) is 28.1. The van der Waals surface area contributed by atoms with Gasteiger partial charge in [-0.05, 0) is 49.7 Å². The van der Waals surface area contributed by atoms with Crippen LogP contribution in [-0.2, 0) is 29.2 Å². The first-order valence-corrected chi connectivity index (χ1v) is 18.4. The molecule has 14 heteroatoms. The summed E-state index contributed by atoms with van der Waals surface area (Å²) in [6, 6.07) is 13.4. The molecule has 2 aromatic carbocycles. The van der Waals surface area contributed by atoms with Crippen LogP contribution in [0.25, 0.3) is 11.1 Å². The molecule has 258 valence electrons. The quantitative estimate of drug-likeness (QED) is 0.225. The summed E-state index contributed by atoms with van der Waals surface area (Å²) in [6.07, 6.45) is 5.86.